The molecule has 2 aromatic rings. The molecule has 0 radical (unpaired) electrons. The zero-order chi connectivity index (χ0) is 16.2. The number of aromatic nitrogens is 3. The highest BCUT2D eigenvalue weighted by Crippen LogP contribution is 2.19. The zero-order valence-electron chi connectivity index (χ0n) is 13.1. The normalized spacial score (nSPS) is 14.1. The number of benzene rings is 1. The Bertz CT molecular complexity index is 741. The Balaban J connectivity index is 1.53. The van der Waals surface area contributed by atoms with E-state index in [1.807, 2.05) is 19.1 Å². The molecular weight excluding hydrogens is 290 g/mol. The number of hydrogen-bond acceptors (Lipinski definition) is 4. The number of nitrogens with zero attached hydrogens (tertiary/aromatic N) is 4. The maximum Gasteiger partial charge on any atom is 0.220 e. The summed E-state index contributed by atoms with van der Waals surface area (Å²) in [5.74, 6) is 1.85. The van der Waals surface area contributed by atoms with Gasteiger partial charge in [-0.2, -0.15) is 5.26 Å². The minimum absolute atomic E-state index is 0.00259. The van der Waals surface area contributed by atoms with Crippen LogP contribution in [0.15, 0.2) is 24.3 Å². The van der Waals surface area contributed by atoms with Gasteiger partial charge in [-0.15, -0.1) is 10.2 Å². The van der Waals surface area contributed by atoms with Gasteiger partial charge in [-0.1, -0.05) is 12.1 Å². The van der Waals surface area contributed by atoms with Gasteiger partial charge in [0, 0.05) is 19.4 Å². The van der Waals surface area contributed by atoms with Gasteiger partial charge < -0.3 is 9.88 Å². The fraction of sp³-hybridized carbons (Fsp3) is 0.412. The van der Waals surface area contributed by atoms with Gasteiger partial charge in [-0.05, 0) is 37.5 Å². The lowest BCUT2D eigenvalue weighted by Crippen LogP contribution is -2.28. The number of nitriles is 1. The van der Waals surface area contributed by atoms with E-state index in [9.17, 15) is 4.79 Å². The van der Waals surface area contributed by atoms with Crippen molar-refractivity contribution < 1.29 is 4.79 Å². The first-order valence-electron chi connectivity index (χ1n) is 7.88. The lowest BCUT2D eigenvalue weighted by Gasteiger charge is -2.14. The van der Waals surface area contributed by atoms with Crippen molar-refractivity contribution >= 4 is 5.91 Å². The minimum Gasteiger partial charge on any atom is -0.346 e. The monoisotopic (exact) mass is 309 g/mol. The number of hydrogen-bond donors (Lipinski definition) is 1. The van der Waals surface area contributed by atoms with E-state index < -0.39 is 0 Å². The van der Waals surface area contributed by atoms with Crippen LogP contribution in [0.5, 0.6) is 0 Å². The summed E-state index contributed by atoms with van der Waals surface area (Å²) < 4.78 is 2.10. The third kappa shape index (κ3) is 3.39. The SMILES string of the molecule is C[C@H](NC(=O)CCc1ccc(C#N)cc1)c1nnc2n1CCC2. The molecule has 23 heavy (non-hydrogen) atoms. The molecule has 1 N–H and O–H groups in total. The Morgan fingerprint density at radius 1 is 1.39 bits per heavy atom. The second-order valence-corrected chi connectivity index (χ2v) is 5.83. The largest absolute Gasteiger partial charge is 0.346 e. The summed E-state index contributed by atoms with van der Waals surface area (Å²) in [5.41, 5.74) is 1.68. The summed E-state index contributed by atoms with van der Waals surface area (Å²) in [6, 6.07) is 9.28. The van der Waals surface area contributed by atoms with Crippen LogP contribution in [0.1, 0.15) is 48.6 Å². The van der Waals surface area contributed by atoms with Crippen molar-refractivity contribution in [3.8, 4) is 6.07 Å². The predicted octanol–water partition coefficient (Wildman–Crippen LogP) is 1.91. The Kier molecular flexibility index (Phi) is 4.38. The van der Waals surface area contributed by atoms with E-state index >= 15 is 0 Å². The van der Waals surface area contributed by atoms with Crippen LogP contribution in [0.2, 0.25) is 0 Å². The molecule has 3 rings (SSSR count). The highest BCUT2D eigenvalue weighted by Gasteiger charge is 2.22. The summed E-state index contributed by atoms with van der Waals surface area (Å²) in [5, 5.41) is 20.1. The van der Waals surface area contributed by atoms with Crippen molar-refractivity contribution in [2.75, 3.05) is 0 Å². The maximum atomic E-state index is 12.1. The van der Waals surface area contributed by atoms with Crippen LogP contribution in [-0.2, 0) is 24.2 Å². The fourth-order valence-electron chi connectivity index (χ4n) is 2.88. The molecule has 0 saturated heterocycles. The summed E-state index contributed by atoms with van der Waals surface area (Å²) >= 11 is 0. The average molecular weight is 309 g/mol. The van der Waals surface area contributed by atoms with Crippen LogP contribution >= 0.6 is 0 Å². The highest BCUT2D eigenvalue weighted by atomic mass is 16.1. The third-order valence-corrected chi connectivity index (χ3v) is 4.13. The van der Waals surface area contributed by atoms with Gasteiger partial charge in [0.15, 0.2) is 5.82 Å². The number of carbonyl (C=O) groups is 1. The molecule has 6 heteroatoms. The molecule has 1 aromatic carbocycles. The predicted molar refractivity (Wildman–Crippen MR) is 84.4 cm³/mol. The molecular formula is C17H19N5O. The van der Waals surface area contributed by atoms with Gasteiger partial charge in [0.1, 0.15) is 5.82 Å². The third-order valence-electron chi connectivity index (χ3n) is 4.13. The molecule has 1 amide bonds. The van der Waals surface area contributed by atoms with Crippen LogP contribution in [0.25, 0.3) is 0 Å². The minimum atomic E-state index is -0.136. The fourth-order valence-corrected chi connectivity index (χ4v) is 2.88. The van der Waals surface area contributed by atoms with Crippen LogP contribution in [-0.4, -0.2) is 20.7 Å². The Labute approximate surface area is 135 Å². The van der Waals surface area contributed by atoms with Crippen molar-refractivity contribution in [3.63, 3.8) is 0 Å². The van der Waals surface area contributed by atoms with E-state index in [0.717, 1.165) is 36.6 Å². The lowest BCUT2D eigenvalue weighted by atomic mass is 10.1. The number of rotatable bonds is 5. The number of fused-ring (bicyclic) bond motifs is 1. The van der Waals surface area contributed by atoms with Gasteiger partial charge in [0.05, 0.1) is 17.7 Å². The molecule has 118 valence electrons. The number of carbonyl (C=O) groups excluding carboxylic acids is 1. The van der Waals surface area contributed by atoms with Crippen LogP contribution < -0.4 is 5.32 Å². The first-order chi connectivity index (χ1) is 11.2. The molecule has 6 nitrogen and oxygen atoms in total. The Morgan fingerprint density at radius 3 is 2.91 bits per heavy atom. The number of nitrogens with one attached hydrogen (secondary N) is 1. The molecule has 2 heterocycles. The molecule has 0 aliphatic carbocycles. The van der Waals surface area contributed by atoms with Crippen molar-refractivity contribution in [2.24, 2.45) is 0 Å². The molecule has 0 fully saturated rings. The second-order valence-electron chi connectivity index (χ2n) is 5.83. The molecule has 1 aromatic heterocycles. The van der Waals surface area contributed by atoms with Gasteiger partial charge in [-0.25, -0.2) is 0 Å². The average Bonchev–Trinajstić information content (AvgIpc) is 3.16. The second kappa shape index (κ2) is 6.61. The molecule has 1 aliphatic rings. The van der Waals surface area contributed by atoms with E-state index in [1.165, 1.54) is 0 Å². The van der Waals surface area contributed by atoms with Crippen LogP contribution in [0.3, 0.4) is 0 Å². The van der Waals surface area contributed by atoms with Crippen molar-refractivity contribution in [2.45, 2.75) is 45.2 Å². The highest BCUT2D eigenvalue weighted by molar-refractivity contribution is 5.76. The molecule has 0 unspecified atom stereocenters. The Morgan fingerprint density at radius 2 is 2.17 bits per heavy atom. The van der Waals surface area contributed by atoms with E-state index in [1.54, 1.807) is 12.1 Å². The molecule has 1 atom stereocenters. The molecule has 1 aliphatic heterocycles. The van der Waals surface area contributed by atoms with E-state index in [-0.39, 0.29) is 11.9 Å². The first-order valence-corrected chi connectivity index (χ1v) is 7.88. The van der Waals surface area contributed by atoms with Gasteiger partial charge in [-0.3, -0.25) is 4.79 Å². The smallest absolute Gasteiger partial charge is 0.220 e. The summed E-state index contributed by atoms with van der Waals surface area (Å²) in [7, 11) is 0. The molecule has 0 bridgehead atoms. The van der Waals surface area contributed by atoms with Gasteiger partial charge in [0.2, 0.25) is 5.91 Å². The zero-order valence-corrected chi connectivity index (χ0v) is 13.1. The van der Waals surface area contributed by atoms with Crippen molar-refractivity contribution in [1.29, 1.82) is 5.26 Å². The molecule has 0 saturated carbocycles. The number of amides is 1. The van der Waals surface area contributed by atoms with Crippen LogP contribution in [0.4, 0.5) is 0 Å². The van der Waals surface area contributed by atoms with Gasteiger partial charge >= 0.3 is 0 Å². The van der Waals surface area contributed by atoms with Crippen molar-refractivity contribution in [1.82, 2.24) is 20.1 Å². The quantitative estimate of drug-likeness (QED) is 0.914. The standard InChI is InChI=1S/C17H19N5O/c1-12(17-21-20-15-3-2-10-22(15)17)19-16(23)9-8-13-4-6-14(11-18)7-5-13/h4-7,12H,2-3,8-10H2,1H3,(H,19,23)/t12-/m0/s1. The van der Waals surface area contributed by atoms with Gasteiger partial charge in [0.25, 0.3) is 0 Å². The Hall–Kier alpha value is -2.68. The summed E-state index contributed by atoms with van der Waals surface area (Å²) in [6.45, 7) is 2.87. The summed E-state index contributed by atoms with van der Waals surface area (Å²) in [6.07, 6.45) is 3.13. The maximum absolute atomic E-state index is 12.1. The topological polar surface area (TPSA) is 83.6 Å². The summed E-state index contributed by atoms with van der Waals surface area (Å²) in [4.78, 5) is 12.1. The number of aryl methyl sites for hydroxylation is 2. The first kappa shape index (κ1) is 15.2. The lowest BCUT2D eigenvalue weighted by molar-refractivity contribution is -0.121. The van der Waals surface area contributed by atoms with Crippen LogP contribution in [0, 0.1) is 11.3 Å². The van der Waals surface area contributed by atoms with Crippen molar-refractivity contribution in [3.05, 3.63) is 47.0 Å². The molecule has 0 spiro atoms. The van der Waals surface area contributed by atoms with E-state index in [0.29, 0.717) is 18.4 Å². The van der Waals surface area contributed by atoms with E-state index in [4.69, 9.17) is 5.26 Å². The van der Waals surface area contributed by atoms with E-state index in [2.05, 4.69) is 26.2 Å².